The normalized spacial score (nSPS) is 9.75. The third kappa shape index (κ3) is 6.25. The second kappa shape index (κ2) is 7.25. The van der Waals surface area contributed by atoms with E-state index in [1.807, 2.05) is 0 Å². The van der Waals surface area contributed by atoms with E-state index in [-0.39, 0.29) is 0 Å². The van der Waals surface area contributed by atoms with E-state index in [9.17, 15) is 0 Å². The largest absolute Gasteiger partial charge is 0.379 e. The van der Waals surface area contributed by atoms with E-state index < -0.39 is 0 Å². The molecule has 1 nitrogen and oxygen atoms in total. The fourth-order valence-electron chi connectivity index (χ4n) is 0.475. The first-order valence-electron chi connectivity index (χ1n) is 2.84. The van der Waals surface area contributed by atoms with E-state index in [0.29, 0.717) is 0 Å². The minimum Gasteiger partial charge on any atom is -0.379 e. The van der Waals surface area contributed by atoms with Crippen LogP contribution in [0.4, 0.5) is 0 Å². The summed E-state index contributed by atoms with van der Waals surface area (Å²) in [6, 6.07) is 0. The van der Waals surface area contributed by atoms with E-state index in [0.717, 1.165) is 31.7 Å². The summed E-state index contributed by atoms with van der Waals surface area (Å²) >= 11 is 5.42. The van der Waals surface area contributed by atoms with Crippen molar-refractivity contribution < 1.29 is 4.74 Å². The van der Waals surface area contributed by atoms with Crippen LogP contribution in [-0.4, -0.2) is 12.5 Å². The monoisotopic (exact) mass is 135 g/mol. The summed E-state index contributed by atoms with van der Waals surface area (Å²) in [5.41, 5.74) is 0. The smallest absolute Gasteiger partial charge is 0.0700 e. The van der Waals surface area contributed by atoms with Crippen LogP contribution >= 0.6 is 11.6 Å². The first-order chi connectivity index (χ1) is 3.91. The Balaban J connectivity index is 2.53. The second-order valence-electron chi connectivity index (χ2n) is 1.66. The molecule has 0 atom stereocenters. The predicted octanol–water partition coefficient (Wildman–Crippen LogP) is 2.20. The van der Waals surface area contributed by atoms with Gasteiger partial charge in [0.2, 0.25) is 0 Å². The van der Waals surface area contributed by atoms with Crippen LogP contribution in [0.15, 0.2) is 0 Å². The maximum atomic E-state index is 5.42. The van der Waals surface area contributed by atoms with Crippen LogP contribution < -0.4 is 0 Å². The molecule has 0 bridgehead atoms. The van der Waals surface area contributed by atoms with E-state index >= 15 is 0 Å². The fourth-order valence-corrected chi connectivity index (χ4v) is 0.664. The van der Waals surface area contributed by atoms with Gasteiger partial charge in [-0.05, 0) is 19.3 Å². The van der Waals surface area contributed by atoms with Crippen molar-refractivity contribution >= 4 is 11.6 Å². The van der Waals surface area contributed by atoms with Crippen LogP contribution in [-0.2, 0) is 4.74 Å². The van der Waals surface area contributed by atoms with Gasteiger partial charge in [0.25, 0.3) is 0 Å². The lowest BCUT2D eigenvalue weighted by atomic mass is 10.3. The Morgan fingerprint density at radius 1 is 1.25 bits per heavy atom. The van der Waals surface area contributed by atoms with Crippen molar-refractivity contribution in [3.63, 3.8) is 0 Å². The standard InChI is InChI=1S/C6H12ClO/c1-8-6-4-2-3-5-7/h1-6H2. The zero-order valence-corrected chi connectivity index (χ0v) is 5.78. The van der Waals surface area contributed by atoms with Crippen molar-refractivity contribution in [2.45, 2.75) is 19.3 Å². The average Bonchev–Trinajstić information content (AvgIpc) is 1.81. The van der Waals surface area contributed by atoms with Gasteiger partial charge in [0.1, 0.15) is 0 Å². The van der Waals surface area contributed by atoms with E-state index in [4.69, 9.17) is 11.6 Å². The van der Waals surface area contributed by atoms with Gasteiger partial charge < -0.3 is 4.74 Å². The predicted molar refractivity (Wildman–Crippen MR) is 35.9 cm³/mol. The Morgan fingerprint density at radius 2 is 2.00 bits per heavy atom. The van der Waals surface area contributed by atoms with Crippen LogP contribution in [0.5, 0.6) is 0 Å². The Kier molecular flexibility index (Phi) is 7.48. The minimum atomic E-state index is 0.761. The second-order valence-corrected chi connectivity index (χ2v) is 2.04. The van der Waals surface area contributed by atoms with Crippen LogP contribution in [0, 0.1) is 7.11 Å². The molecule has 0 aromatic carbocycles. The molecule has 0 fully saturated rings. The molecule has 0 heterocycles. The summed E-state index contributed by atoms with van der Waals surface area (Å²) in [5.74, 6) is 0.761. The lowest BCUT2D eigenvalue weighted by Crippen LogP contribution is -1.86. The third-order valence-electron chi connectivity index (χ3n) is 0.922. The number of halogens is 1. The highest BCUT2D eigenvalue weighted by molar-refractivity contribution is 6.17. The molecular weight excluding hydrogens is 124 g/mol. The van der Waals surface area contributed by atoms with E-state index in [1.54, 1.807) is 0 Å². The lowest BCUT2D eigenvalue weighted by molar-refractivity contribution is 0.234. The minimum absolute atomic E-state index is 0.761. The molecule has 0 aliphatic carbocycles. The highest BCUT2D eigenvalue weighted by atomic mass is 35.5. The molecular formula is C6H12ClO. The molecule has 2 heteroatoms. The van der Waals surface area contributed by atoms with Gasteiger partial charge in [-0.1, -0.05) is 0 Å². The molecule has 0 rings (SSSR count). The Morgan fingerprint density at radius 3 is 2.50 bits per heavy atom. The van der Waals surface area contributed by atoms with Gasteiger partial charge in [0, 0.05) is 12.5 Å². The Bertz CT molecular complexity index is 33.5. The molecule has 0 aromatic rings. The summed E-state index contributed by atoms with van der Waals surface area (Å²) in [4.78, 5) is 0. The average molecular weight is 136 g/mol. The van der Waals surface area contributed by atoms with Gasteiger partial charge >= 0.3 is 0 Å². The number of rotatable bonds is 5. The highest BCUT2D eigenvalue weighted by Gasteiger charge is 1.84. The van der Waals surface area contributed by atoms with Gasteiger partial charge in [-0.25, -0.2) is 0 Å². The van der Waals surface area contributed by atoms with Crippen molar-refractivity contribution in [1.29, 1.82) is 0 Å². The fraction of sp³-hybridized carbons (Fsp3) is 0.833. The number of hydrogen-bond donors (Lipinski definition) is 0. The number of alkyl halides is 1. The van der Waals surface area contributed by atoms with Gasteiger partial charge in [-0.2, -0.15) is 0 Å². The Hall–Kier alpha value is 0.250. The molecule has 0 aliphatic heterocycles. The van der Waals surface area contributed by atoms with Crippen molar-refractivity contribution in [2.75, 3.05) is 12.5 Å². The molecule has 0 spiro atoms. The van der Waals surface area contributed by atoms with Gasteiger partial charge in [-0.15, -0.1) is 11.6 Å². The van der Waals surface area contributed by atoms with E-state index in [2.05, 4.69) is 11.8 Å². The van der Waals surface area contributed by atoms with Crippen LogP contribution in [0.2, 0.25) is 0 Å². The first kappa shape index (κ1) is 8.25. The van der Waals surface area contributed by atoms with Gasteiger partial charge in [0.05, 0.1) is 7.11 Å². The van der Waals surface area contributed by atoms with Crippen LogP contribution in [0.3, 0.4) is 0 Å². The highest BCUT2D eigenvalue weighted by Crippen LogP contribution is 1.96. The van der Waals surface area contributed by atoms with Crippen molar-refractivity contribution in [3.05, 3.63) is 7.11 Å². The van der Waals surface area contributed by atoms with Crippen LogP contribution in [0.25, 0.3) is 0 Å². The maximum Gasteiger partial charge on any atom is 0.0700 e. The molecule has 0 aromatic heterocycles. The molecule has 8 heavy (non-hydrogen) atoms. The summed E-state index contributed by atoms with van der Waals surface area (Å²) < 4.78 is 4.60. The van der Waals surface area contributed by atoms with E-state index in [1.165, 1.54) is 0 Å². The first-order valence-corrected chi connectivity index (χ1v) is 3.38. The van der Waals surface area contributed by atoms with Gasteiger partial charge in [-0.3, -0.25) is 0 Å². The summed E-state index contributed by atoms with van der Waals surface area (Å²) in [5, 5.41) is 0. The zero-order valence-electron chi connectivity index (χ0n) is 5.03. The molecule has 0 unspecified atom stereocenters. The zero-order chi connectivity index (χ0) is 6.24. The van der Waals surface area contributed by atoms with Crippen molar-refractivity contribution in [1.82, 2.24) is 0 Å². The van der Waals surface area contributed by atoms with Crippen LogP contribution in [0.1, 0.15) is 19.3 Å². The molecule has 0 saturated heterocycles. The SMILES string of the molecule is [CH2]OCCCCCCl. The molecule has 0 amide bonds. The van der Waals surface area contributed by atoms with Crippen molar-refractivity contribution in [3.8, 4) is 0 Å². The van der Waals surface area contributed by atoms with Gasteiger partial charge in [0.15, 0.2) is 0 Å². The van der Waals surface area contributed by atoms with Crippen molar-refractivity contribution in [2.24, 2.45) is 0 Å². The number of unbranched alkanes of at least 4 members (excludes halogenated alkanes) is 2. The number of hydrogen-bond acceptors (Lipinski definition) is 1. The molecule has 1 radical (unpaired) electrons. The number of ether oxygens (including phenoxy) is 1. The molecule has 49 valence electrons. The third-order valence-corrected chi connectivity index (χ3v) is 1.19. The summed E-state index contributed by atoms with van der Waals surface area (Å²) in [6.45, 7) is 0.761. The summed E-state index contributed by atoms with van der Waals surface area (Å²) in [6.07, 6.45) is 3.32. The molecule has 0 saturated carbocycles. The lowest BCUT2D eigenvalue weighted by Gasteiger charge is -1.94. The quantitative estimate of drug-likeness (QED) is 0.415. The maximum absolute atomic E-state index is 5.42. The molecule has 0 aliphatic rings. The Labute approximate surface area is 56.0 Å². The molecule has 0 N–H and O–H groups in total. The summed E-state index contributed by atoms with van der Waals surface area (Å²) in [7, 11) is 3.25. The topological polar surface area (TPSA) is 9.23 Å².